The number of allylic oxidation sites excluding steroid dienone is 1. The summed E-state index contributed by atoms with van der Waals surface area (Å²) < 4.78 is 0. The van der Waals surface area contributed by atoms with E-state index in [0.29, 0.717) is 0 Å². The smallest absolute Gasteiger partial charge is 0.133 e. The fourth-order valence-electron chi connectivity index (χ4n) is 2.48. The molecule has 0 aromatic carbocycles. The second-order valence-corrected chi connectivity index (χ2v) is 5.23. The van der Waals surface area contributed by atoms with E-state index in [2.05, 4.69) is 13.0 Å². The Hall–Kier alpha value is -0.630. The quantitative estimate of drug-likeness (QED) is 0.543. The Morgan fingerprint density at radius 3 is 2.76 bits per heavy atom. The Morgan fingerprint density at radius 1 is 1.47 bits per heavy atom. The van der Waals surface area contributed by atoms with Crippen molar-refractivity contribution in [3.63, 3.8) is 0 Å². The van der Waals surface area contributed by atoms with Crippen LogP contribution in [0.15, 0.2) is 11.6 Å². The average molecular weight is 238 g/mol. The van der Waals surface area contributed by atoms with Gasteiger partial charge in [0, 0.05) is 5.92 Å². The van der Waals surface area contributed by atoms with Gasteiger partial charge in [-0.05, 0) is 38.2 Å². The third-order valence-corrected chi connectivity index (χ3v) is 3.78. The van der Waals surface area contributed by atoms with Crippen molar-refractivity contribution in [1.82, 2.24) is 0 Å². The lowest BCUT2D eigenvalue weighted by molar-refractivity contribution is -0.120. The zero-order chi connectivity index (χ0) is 12.7. The molecular weight excluding hydrogens is 212 g/mol. The molecular formula is C15H26O2. The number of aliphatic hydroxyl groups is 1. The molecule has 1 aliphatic carbocycles. The summed E-state index contributed by atoms with van der Waals surface area (Å²) in [6.45, 7) is 3.87. The van der Waals surface area contributed by atoms with Crippen LogP contribution >= 0.6 is 0 Å². The second-order valence-electron chi connectivity index (χ2n) is 5.23. The van der Waals surface area contributed by atoms with Crippen LogP contribution in [0, 0.1) is 5.92 Å². The number of rotatable bonds is 7. The third kappa shape index (κ3) is 5.03. The number of ketones is 1. The number of unbranched alkanes of at least 4 members (excludes halogenated alkanes) is 3. The minimum atomic E-state index is -0.264. The van der Waals surface area contributed by atoms with Gasteiger partial charge in [0.2, 0.25) is 0 Å². The fourth-order valence-corrected chi connectivity index (χ4v) is 2.48. The van der Waals surface area contributed by atoms with Crippen LogP contribution < -0.4 is 0 Å². The monoisotopic (exact) mass is 238 g/mol. The van der Waals surface area contributed by atoms with E-state index in [1.165, 1.54) is 24.8 Å². The lowest BCUT2D eigenvalue weighted by atomic mass is 9.84. The van der Waals surface area contributed by atoms with E-state index in [0.717, 1.165) is 32.1 Å². The summed E-state index contributed by atoms with van der Waals surface area (Å²) in [4.78, 5) is 11.2. The number of carbonyl (C=O) groups is 1. The summed E-state index contributed by atoms with van der Waals surface area (Å²) in [6.07, 6.45) is 10.2. The molecule has 0 radical (unpaired) electrons. The molecule has 0 amide bonds. The summed E-state index contributed by atoms with van der Waals surface area (Å²) in [6, 6.07) is 0. The van der Waals surface area contributed by atoms with Crippen LogP contribution in [-0.2, 0) is 4.79 Å². The highest BCUT2D eigenvalue weighted by Gasteiger charge is 2.21. The van der Waals surface area contributed by atoms with E-state index in [4.69, 9.17) is 0 Å². The van der Waals surface area contributed by atoms with Gasteiger partial charge in [-0.1, -0.05) is 38.7 Å². The predicted molar refractivity (Wildman–Crippen MR) is 70.9 cm³/mol. The number of hydrogen-bond donors (Lipinski definition) is 1. The van der Waals surface area contributed by atoms with Crippen molar-refractivity contribution in [2.75, 3.05) is 0 Å². The van der Waals surface area contributed by atoms with Gasteiger partial charge in [-0.25, -0.2) is 0 Å². The molecule has 2 heteroatoms. The third-order valence-electron chi connectivity index (χ3n) is 3.78. The van der Waals surface area contributed by atoms with Crippen LogP contribution in [0.4, 0.5) is 0 Å². The Kier molecular flexibility index (Phi) is 6.49. The van der Waals surface area contributed by atoms with Gasteiger partial charge < -0.3 is 5.11 Å². The van der Waals surface area contributed by atoms with Crippen molar-refractivity contribution < 1.29 is 9.90 Å². The molecule has 1 N–H and O–H groups in total. The number of aliphatic hydroxyl groups excluding tert-OH is 1. The van der Waals surface area contributed by atoms with E-state index in [1.807, 2.05) is 0 Å². The first kappa shape index (κ1) is 14.4. The molecule has 0 heterocycles. The van der Waals surface area contributed by atoms with Gasteiger partial charge in [0.05, 0.1) is 6.10 Å². The summed E-state index contributed by atoms with van der Waals surface area (Å²) >= 11 is 0. The van der Waals surface area contributed by atoms with Crippen molar-refractivity contribution in [2.45, 2.75) is 71.3 Å². The minimum Gasteiger partial charge on any atom is -0.389 e. The first-order valence-electron chi connectivity index (χ1n) is 7.02. The summed E-state index contributed by atoms with van der Waals surface area (Å²) in [7, 11) is 0. The lowest BCUT2D eigenvalue weighted by Crippen LogP contribution is -2.19. The molecule has 17 heavy (non-hydrogen) atoms. The molecule has 0 aromatic rings. The van der Waals surface area contributed by atoms with Crippen LogP contribution in [0.2, 0.25) is 0 Å². The predicted octanol–water partition coefficient (Wildman–Crippen LogP) is 3.63. The Bertz CT molecular complexity index is 268. The van der Waals surface area contributed by atoms with Crippen molar-refractivity contribution in [2.24, 2.45) is 5.92 Å². The molecule has 0 fully saturated rings. The van der Waals surface area contributed by atoms with E-state index >= 15 is 0 Å². The van der Waals surface area contributed by atoms with Crippen molar-refractivity contribution in [3.05, 3.63) is 11.6 Å². The molecule has 0 bridgehead atoms. The molecule has 1 aliphatic rings. The molecule has 98 valence electrons. The van der Waals surface area contributed by atoms with Crippen LogP contribution in [0.3, 0.4) is 0 Å². The Morgan fingerprint density at radius 2 is 2.24 bits per heavy atom. The van der Waals surface area contributed by atoms with E-state index in [-0.39, 0.29) is 17.8 Å². The molecule has 0 unspecified atom stereocenters. The zero-order valence-electron chi connectivity index (χ0n) is 11.2. The highest BCUT2D eigenvalue weighted by Crippen LogP contribution is 2.27. The first-order valence-corrected chi connectivity index (χ1v) is 7.02. The van der Waals surface area contributed by atoms with Gasteiger partial charge in [-0.15, -0.1) is 0 Å². The van der Waals surface area contributed by atoms with E-state index in [9.17, 15) is 9.90 Å². The SMILES string of the molecule is CCCCCC[C@@H](O)C1=CC[C@H](C(C)=O)CC1. The molecule has 0 saturated heterocycles. The summed E-state index contributed by atoms with van der Waals surface area (Å²) in [5.74, 6) is 0.490. The van der Waals surface area contributed by atoms with Crippen LogP contribution in [-0.4, -0.2) is 17.0 Å². The lowest BCUT2D eigenvalue weighted by Gasteiger charge is -2.23. The zero-order valence-corrected chi connectivity index (χ0v) is 11.2. The van der Waals surface area contributed by atoms with Gasteiger partial charge >= 0.3 is 0 Å². The van der Waals surface area contributed by atoms with Crippen molar-refractivity contribution in [1.29, 1.82) is 0 Å². The van der Waals surface area contributed by atoms with Gasteiger partial charge in [0.25, 0.3) is 0 Å². The van der Waals surface area contributed by atoms with Gasteiger partial charge in [-0.3, -0.25) is 4.79 Å². The average Bonchev–Trinajstić information content (AvgIpc) is 2.34. The molecule has 1 rings (SSSR count). The summed E-state index contributed by atoms with van der Waals surface area (Å²) in [5.41, 5.74) is 1.17. The molecule has 2 atom stereocenters. The molecule has 0 saturated carbocycles. The fraction of sp³-hybridized carbons (Fsp3) is 0.800. The van der Waals surface area contributed by atoms with Crippen LogP contribution in [0.25, 0.3) is 0 Å². The Balaban J connectivity index is 2.28. The Labute approximate surface area is 105 Å². The maximum Gasteiger partial charge on any atom is 0.133 e. The maximum absolute atomic E-state index is 11.2. The highest BCUT2D eigenvalue weighted by molar-refractivity contribution is 5.78. The van der Waals surface area contributed by atoms with Crippen molar-refractivity contribution in [3.8, 4) is 0 Å². The van der Waals surface area contributed by atoms with Crippen LogP contribution in [0.5, 0.6) is 0 Å². The second kappa shape index (κ2) is 7.65. The minimum absolute atomic E-state index is 0.200. The van der Waals surface area contributed by atoms with Gasteiger partial charge in [-0.2, -0.15) is 0 Å². The maximum atomic E-state index is 11.2. The topological polar surface area (TPSA) is 37.3 Å². The standard InChI is InChI=1S/C15H26O2/c1-3-4-5-6-7-15(17)14-10-8-13(9-11-14)12(2)16/h10,13,15,17H,3-9,11H2,1-2H3/t13-,15+/m0/s1. The molecule has 2 nitrogen and oxygen atoms in total. The molecule has 0 aromatic heterocycles. The number of hydrogen-bond acceptors (Lipinski definition) is 2. The number of carbonyl (C=O) groups excluding carboxylic acids is 1. The largest absolute Gasteiger partial charge is 0.389 e. The van der Waals surface area contributed by atoms with E-state index in [1.54, 1.807) is 6.92 Å². The summed E-state index contributed by atoms with van der Waals surface area (Å²) in [5, 5.41) is 10.0. The van der Waals surface area contributed by atoms with Crippen molar-refractivity contribution >= 4 is 5.78 Å². The molecule has 0 spiro atoms. The van der Waals surface area contributed by atoms with Gasteiger partial charge in [0.15, 0.2) is 0 Å². The first-order chi connectivity index (χ1) is 8.15. The highest BCUT2D eigenvalue weighted by atomic mass is 16.3. The molecule has 0 aliphatic heterocycles. The number of Topliss-reactive ketones (excluding diaryl/α,β-unsaturated/α-hetero) is 1. The normalized spacial score (nSPS) is 22.1. The van der Waals surface area contributed by atoms with E-state index < -0.39 is 0 Å². The van der Waals surface area contributed by atoms with Crippen LogP contribution in [0.1, 0.15) is 65.2 Å². The van der Waals surface area contributed by atoms with Gasteiger partial charge in [0.1, 0.15) is 5.78 Å².